The number of benzene rings is 1. The lowest BCUT2D eigenvalue weighted by Crippen LogP contribution is -2.16. The van der Waals surface area contributed by atoms with Crippen molar-refractivity contribution in [3.63, 3.8) is 0 Å². The van der Waals surface area contributed by atoms with Crippen molar-refractivity contribution in [1.82, 2.24) is 9.66 Å². The molecule has 0 radical (unpaired) electrons. The van der Waals surface area contributed by atoms with Crippen LogP contribution in [0.2, 0.25) is 0 Å². The number of nitrogens with one attached hydrogen (secondary N) is 1. The van der Waals surface area contributed by atoms with Crippen molar-refractivity contribution in [2.45, 2.75) is 27.3 Å². The van der Waals surface area contributed by atoms with Crippen LogP contribution in [0.15, 0.2) is 42.5 Å². The van der Waals surface area contributed by atoms with Crippen LogP contribution in [0, 0.1) is 20.8 Å². The number of hydrogen-bond donors (Lipinski definition) is 1. The molecule has 2 aromatic heterocycles. The van der Waals surface area contributed by atoms with Gasteiger partial charge < -0.3 is 5.43 Å². The molecule has 0 atom stereocenters. The summed E-state index contributed by atoms with van der Waals surface area (Å²) >= 11 is 0. The molecule has 0 aliphatic rings. The second-order valence-corrected chi connectivity index (χ2v) is 5.27. The minimum absolute atomic E-state index is 0.806. The summed E-state index contributed by atoms with van der Waals surface area (Å²) in [7, 11) is 0. The van der Waals surface area contributed by atoms with Gasteiger partial charge in [-0.1, -0.05) is 12.1 Å². The molecule has 3 aromatic rings. The van der Waals surface area contributed by atoms with E-state index in [4.69, 9.17) is 0 Å². The third kappa shape index (κ3) is 2.39. The maximum atomic E-state index is 4.53. The van der Waals surface area contributed by atoms with Crippen LogP contribution in [-0.2, 0) is 6.54 Å². The first-order chi connectivity index (χ1) is 9.63. The zero-order valence-electron chi connectivity index (χ0n) is 12.1. The summed E-state index contributed by atoms with van der Waals surface area (Å²) in [6, 6.07) is 14.9. The highest BCUT2D eigenvalue weighted by Crippen LogP contribution is 2.15. The van der Waals surface area contributed by atoms with Crippen LogP contribution in [0.4, 0.5) is 0 Å². The van der Waals surface area contributed by atoms with Crippen molar-refractivity contribution < 1.29 is 0 Å². The van der Waals surface area contributed by atoms with Crippen LogP contribution in [-0.4, -0.2) is 9.66 Å². The lowest BCUT2D eigenvalue weighted by atomic mass is 10.1. The van der Waals surface area contributed by atoms with Crippen LogP contribution < -0.4 is 5.43 Å². The average Bonchev–Trinajstić information content (AvgIpc) is 2.76. The number of hydrogen-bond acceptors (Lipinski definition) is 2. The average molecular weight is 265 g/mol. The van der Waals surface area contributed by atoms with E-state index in [1.165, 1.54) is 22.3 Å². The maximum Gasteiger partial charge on any atom is 0.0705 e. The van der Waals surface area contributed by atoms with Gasteiger partial charge in [0.15, 0.2) is 0 Å². The van der Waals surface area contributed by atoms with Gasteiger partial charge in [0, 0.05) is 22.5 Å². The summed E-state index contributed by atoms with van der Waals surface area (Å²) in [6.45, 7) is 7.03. The van der Waals surface area contributed by atoms with Crippen LogP contribution in [0.3, 0.4) is 0 Å². The van der Waals surface area contributed by atoms with E-state index in [9.17, 15) is 0 Å². The van der Waals surface area contributed by atoms with Gasteiger partial charge in [-0.15, -0.1) is 0 Å². The predicted molar refractivity (Wildman–Crippen MR) is 83.5 cm³/mol. The predicted octanol–water partition coefficient (Wildman–Crippen LogP) is 3.71. The highest BCUT2D eigenvalue weighted by molar-refractivity contribution is 5.79. The van der Waals surface area contributed by atoms with Crippen molar-refractivity contribution in [3.05, 3.63) is 65.1 Å². The molecule has 3 nitrogen and oxygen atoms in total. The fourth-order valence-corrected chi connectivity index (χ4v) is 2.48. The summed E-state index contributed by atoms with van der Waals surface area (Å²) in [6.07, 6.45) is 0. The molecule has 0 bridgehead atoms. The third-order valence-electron chi connectivity index (χ3n) is 3.61. The summed E-state index contributed by atoms with van der Waals surface area (Å²) in [5.41, 5.74) is 9.27. The monoisotopic (exact) mass is 265 g/mol. The molecule has 0 fully saturated rings. The number of fused-ring (bicyclic) bond motifs is 1. The fourth-order valence-electron chi connectivity index (χ4n) is 2.48. The van der Waals surface area contributed by atoms with Crippen molar-refractivity contribution in [2.75, 3.05) is 5.43 Å². The van der Waals surface area contributed by atoms with E-state index < -0.39 is 0 Å². The Labute approximate surface area is 119 Å². The first-order valence-corrected chi connectivity index (χ1v) is 6.88. The van der Waals surface area contributed by atoms with Crippen LogP contribution in [0.1, 0.15) is 22.6 Å². The van der Waals surface area contributed by atoms with E-state index in [-0.39, 0.29) is 0 Å². The Balaban J connectivity index is 1.83. The van der Waals surface area contributed by atoms with E-state index in [1.54, 1.807) is 0 Å². The van der Waals surface area contributed by atoms with Gasteiger partial charge in [0.1, 0.15) is 0 Å². The summed E-state index contributed by atoms with van der Waals surface area (Å²) in [5.74, 6) is 0. The quantitative estimate of drug-likeness (QED) is 0.782. The Morgan fingerprint density at radius 2 is 1.70 bits per heavy atom. The highest BCUT2D eigenvalue weighted by atomic mass is 15.4. The Morgan fingerprint density at radius 1 is 0.950 bits per heavy atom. The summed E-state index contributed by atoms with van der Waals surface area (Å²) in [5, 5.41) is 1.19. The molecule has 0 unspecified atom stereocenters. The third-order valence-corrected chi connectivity index (χ3v) is 3.61. The smallest absolute Gasteiger partial charge is 0.0705 e. The van der Waals surface area contributed by atoms with E-state index in [2.05, 4.69) is 71.4 Å². The number of aryl methyl sites for hydroxylation is 3. The number of pyridine rings is 1. The van der Waals surface area contributed by atoms with Gasteiger partial charge in [-0.25, -0.2) is 0 Å². The Kier molecular flexibility index (Phi) is 3.18. The molecular formula is C17H19N3. The molecule has 20 heavy (non-hydrogen) atoms. The van der Waals surface area contributed by atoms with Crippen LogP contribution in [0.25, 0.3) is 10.9 Å². The van der Waals surface area contributed by atoms with Crippen LogP contribution >= 0.6 is 0 Å². The van der Waals surface area contributed by atoms with Gasteiger partial charge in [-0.05, 0) is 56.7 Å². The molecular weight excluding hydrogens is 246 g/mol. The lowest BCUT2D eigenvalue weighted by molar-refractivity contribution is 0.792. The first kappa shape index (κ1) is 12.7. The van der Waals surface area contributed by atoms with Gasteiger partial charge in [-0.2, -0.15) is 0 Å². The van der Waals surface area contributed by atoms with E-state index >= 15 is 0 Å². The topological polar surface area (TPSA) is 29.9 Å². The van der Waals surface area contributed by atoms with E-state index in [0.717, 1.165) is 17.8 Å². The van der Waals surface area contributed by atoms with Gasteiger partial charge in [0.25, 0.3) is 0 Å². The van der Waals surface area contributed by atoms with Gasteiger partial charge in [-0.3, -0.25) is 9.66 Å². The fraction of sp³-hybridized carbons (Fsp3) is 0.235. The van der Waals surface area contributed by atoms with Crippen molar-refractivity contribution in [2.24, 2.45) is 0 Å². The minimum atomic E-state index is 0.806. The van der Waals surface area contributed by atoms with Crippen molar-refractivity contribution in [3.8, 4) is 0 Å². The van der Waals surface area contributed by atoms with Gasteiger partial charge in [0.05, 0.1) is 12.1 Å². The standard InChI is InChI=1S/C17H19N3/c1-12-4-8-16-10-15(7-9-17(16)19-12)11-18-20-13(2)5-6-14(20)3/h4-10,18H,11H2,1-3H3. The van der Waals surface area contributed by atoms with Gasteiger partial charge >= 0.3 is 0 Å². The summed E-state index contributed by atoms with van der Waals surface area (Å²) in [4.78, 5) is 4.53. The van der Waals surface area contributed by atoms with Crippen LogP contribution in [0.5, 0.6) is 0 Å². The Bertz CT molecular complexity index is 737. The van der Waals surface area contributed by atoms with E-state index in [1.807, 2.05) is 6.92 Å². The largest absolute Gasteiger partial charge is 0.322 e. The number of rotatable bonds is 3. The molecule has 0 saturated carbocycles. The molecule has 0 saturated heterocycles. The molecule has 0 spiro atoms. The zero-order chi connectivity index (χ0) is 14.1. The number of aromatic nitrogens is 2. The van der Waals surface area contributed by atoms with Crippen molar-refractivity contribution >= 4 is 10.9 Å². The minimum Gasteiger partial charge on any atom is -0.322 e. The molecule has 0 aliphatic carbocycles. The number of nitrogens with zero attached hydrogens (tertiary/aromatic N) is 2. The molecule has 2 heterocycles. The molecule has 1 N–H and O–H groups in total. The summed E-state index contributed by atoms with van der Waals surface area (Å²) < 4.78 is 2.12. The molecule has 3 heteroatoms. The molecule has 3 rings (SSSR count). The highest BCUT2D eigenvalue weighted by Gasteiger charge is 2.02. The lowest BCUT2D eigenvalue weighted by Gasteiger charge is -2.13. The zero-order valence-corrected chi connectivity index (χ0v) is 12.1. The molecule has 102 valence electrons. The normalized spacial score (nSPS) is 10.9. The molecule has 0 aliphatic heterocycles. The maximum absolute atomic E-state index is 4.53. The second-order valence-electron chi connectivity index (χ2n) is 5.27. The Hall–Kier alpha value is -2.29. The molecule has 0 amide bonds. The first-order valence-electron chi connectivity index (χ1n) is 6.88. The SMILES string of the molecule is Cc1ccc2cc(CNn3c(C)ccc3C)ccc2n1. The molecule has 1 aromatic carbocycles. The second kappa shape index (κ2) is 5.00. The van der Waals surface area contributed by atoms with Crippen molar-refractivity contribution in [1.29, 1.82) is 0 Å². The van der Waals surface area contributed by atoms with Gasteiger partial charge in [0.2, 0.25) is 0 Å². The van der Waals surface area contributed by atoms with E-state index in [0.29, 0.717) is 0 Å². The Morgan fingerprint density at radius 3 is 2.45 bits per heavy atom.